The van der Waals surface area contributed by atoms with Crippen molar-refractivity contribution < 1.29 is 18.7 Å². The van der Waals surface area contributed by atoms with Crippen LogP contribution in [0.4, 0.5) is 8.78 Å². The van der Waals surface area contributed by atoms with Gasteiger partial charge >= 0.3 is 0 Å². The number of hydrogen-bond acceptors (Lipinski definition) is 5. The van der Waals surface area contributed by atoms with Crippen molar-refractivity contribution in [2.45, 2.75) is 6.54 Å². The second-order valence-corrected chi connectivity index (χ2v) is 5.43. The molecule has 0 saturated carbocycles. The highest BCUT2D eigenvalue weighted by molar-refractivity contribution is 7.15. The number of nitrogens with one attached hydrogen (secondary N) is 1. The molecule has 6 nitrogen and oxygen atoms in total. The summed E-state index contributed by atoms with van der Waals surface area (Å²) < 4.78 is 28.1. The Kier molecular flexibility index (Phi) is 3.78. The fourth-order valence-corrected chi connectivity index (χ4v) is 2.73. The van der Waals surface area contributed by atoms with Crippen molar-refractivity contribution in [3.05, 3.63) is 62.9 Å². The number of rotatable bonds is 3. The monoisotopic (exact) mass is 337 g/mol. The third kappa shape index (κ3) is 2.66. The van der Waals surface area contributed by atoms with Crippen LogP contribution in [0.3, 0.4) is 0 Å². The Morgan fingerprint density at radius 3 is 2.74 bits per heavy atom. The van der Waals surface area contributed by atoms with Crippen molar-refractivity contribution in [3.63, 3.8) is 0 Å². The molecule has 0 fully saturated rings. The maximum atomic E-state index is 13.5. The lowest BCUT2D eigenvalue weighted by molar-refractivity contribution is 0.0945. The number of nitrogens with zero attached hydrogens (tertiary/aromatic N) is 2. The number of carbonyl (C=O) groups excluding carboxylic acids is 1. The van der Waals surface area contributed by atoms with Gasteiger partial charge in [0.1, 0.15) is 11.6 Å². The average Bonchev–Trinajstić information content (AvgIpc) is 2.95. The molecule has 0 aliphatic carbocycles. The van der Waals surface area contributed by atoms with E-state index in [9.17, 15) is 23.5 Å². The summed E-state index contributed by atoms with van der Waals surface area (Å²) in [5.41, 5.74) is -1.69. The standard InChI is InChI=1S/C14H9F2N3O3S/c15-8-2-1-3-9(16)7(8)6-17-11(20)10-12(21)18-14-19(13(10)22)4-5-23-14/h1-5,21H,6H2,(H,17,20). The zero-order valence-corrected chi connectivity index (χ0v) is 12.2. The van der Waals surface area contributed by atoms with Crippen molar-refractivity contribution in [2.24, 2.45) is 0 Å². The first-order chi connectivity index (χ1) is 11.0. The number of aromatic hydroxyl groups is 1. The molecule has 1 amide bonds. The molecular formula is C14H9F2N3O3S. The molecule has 0 radical (unpaired) electrons. The number of fused-ring (bicyclic) bond motifs is 1. The first kappa shape index (κ1) is 15.1. The summed E-state index contributed by atoms with van der Waals surface area (Å²) in [5, 5.41) is 13.5. The first-order valence-corrected chi connectivity index (χ1v) is 7.27. The van der Waals surface area contributed by atoms with Crippen LogP contribution in [0.2, 0.25) is 0 Å². The molecule has 0 aliphatic heterocycles. The Hall–Kier alpha value is -2.81. The molecule has 0 saturated heterocycles. The number of hydrogen-bond donors (Lipinski definition) is 2. The van der Waals surface area contributed by atoms with Gasteiger partial charge in [-0.05, 0) is 12.1 Å². The predicted octanol–water partition coefficient (Wildman–Crippen LogP) is 1.67. The molecule has 0 aliphatic rings. The van der Waals surface area contributed by atoms with E-state index in [-0.39, 0.29) is 10.5 Å². The normalized spacial score (nSPS) is 10.9. The Morgan fingerprint density at radius 2 is 2.04 bits per heavy atom. The molecule has 2 N–H and O–H groups in total. The number of carbonyl (C=O) groups is 1. The van der Waals surface area contributed by atoms with Crippen LogP contribution in [0.15, 0.2) is 34.6 Å². The van der Waals surface area contributed by atoms with Gasteiger partial charge in [-0.25, -0.2) is 8.78 Å². The van der Waals surface area contributed by atoms with E-state index in [1.165, 1.54) is 12.3 Å². The zero-order valence-electron chi connectivity index (χ0n) is 11.4. The van der Waals surface area contributed by atoms with Crippen LogP contribution in [0.25, 0.3) is 4.96 Å². The maximum absolute atomic E-state index is 13.5. The second-order valence-electron chi connectivity index (χ2n) is 4.55. The van der Waals surface area contributed by atoms with Gasteiger partial charge in [-0.2, -0.15) is 4.98 Å². The molecule has 0 unspecified atom stereocenters. The van der Waals surface area contributed by atoms with Crippen molar-refractivity contribution in [1.82, 2.24) is 14.7 Å². The minimum Gasteiger partial charge on any atom is -0.492 e. The molecule has 0 bridgehead atoms. The van der Waals surface area contributed by atoms with Gasteiger partial charge in [-0.3, -0.25) is 14.0 Å². The Balaban J connectivity index is 1.91. The van der Waals surface area contributed by atoms with E-state index in [1.807, 2.05) is 0 Å². The van der Waals surface area contributed by atoms with Crippen LogP contribution in [-0.2, 0) is 6.54 Å². The van der Waals surface area contributed by atoms with E-state index < -0.39 is 41.1 Å². The van der Waals surface area contributed by atoms with Gasteiger partial charge in [0.25, 0.3) is 11.5 Å². The van der Waals surface area contributed by atoms with Crippen molar-refractivity contribution in [3.8, 4) is 5.88 Å². The lowest BCUT2D eigenvalue weighted by Crippen LogP contribution is -2.31. The van der Waals surface area contributed by atoms with E-state index >= 15 is 0 Å². The van der Waals surface area contributed by atoms with Crippen LogP contribution in [0, 0.1) is 11.6 Å². The molecule has 3 aromatic rings. The number of halogens is 2. The smallest absolute Gasteiger partial charge is 0.275 e. The van der Waals surface area contributed by atoms with Gasteiger partial charge in [0.05, 0.1) is 0 Å². The molecule has 1 aromatic carbocycles. The summed E-state index contributed by atoms with van der Waals surface area (Å²) in [5.74, 6) is -3.34. The van der Waals surface area contributed by atoms with E-state index in [2.05, 4.69) is 10.3 Å². The predicted molar refractivity (Wildman–Crippen MR) is 78.5 cm³/mol. The van der Waals surface area contributed by atoms with E-state index in [0.717, 1.165) is 27.9 Å². The largest absolute Gasteiger partial charge is 0.492 e. The van der Waals surface area contributed by atoms with Crippen LogP contribution >= 0.6 is 11.3 Å². The number of aromatic nitrogens is 2. The Bertz CT molecular complexity index is 947. The molecular weight excluding hydrogens is 328 g/mol. The lowest BCUT2D eigenvalue weighted by Gasteiger charge is -2.08. The van der Waals surface area contributed by atoms with Crippen LogP contribution in [0.1, 0.15) is 15.9 Å². The molecule has 0 atom stereocenters. The average molecular weight is 337 g/mol. The van der Waals surface area contributed by atoms with Gasteiger partial charge < -0.3 is 10.4 Å². The SMILES string of the molecule is O=C(NCc1c(F)cccc1F)c1c(O)nc2sccn2c1=O. The topological polar surface area (TPSA) is 83.7 Å². The third-order valence-electron chi connectivity index (χ3n) is 3.16. The summed E-state index contributed by atoms with van der Waals surface area (Å²) in [6.07, 6.45) is 1.40. The van der Waals surface area contributed by atoms with Gasteiger partial charge in [-0.15, -0.1) is 11.3 Å². The summed E-state index contributed by atoms with van der Waals surface area (Å²) in [7, 11) is 0. The van der Waals surface area contributed by atoms with Crippen molar-refractivity contribution in [2.75, 3.05) is 0 Å². The Labute approximate surface area is 131 Å². The highest BCUT2D eigenvalue weighted by Gasteiger charge is 2.21. The second kappa shape index (κ2) is 5.76. The summed E-state index contributed by atoms with van der Waals surface area (Å²) in [4.78, 5) is 28.2. The molecule has 23 heavy (non-hydrogen) atoms. The van der Waals surface area contributed by atoms with E-state index in [4.69, 9.17) is 0 Å². The van der Waals surface area contributed by atoms with Crippen molar-refractivity contribution >= 4 is 22.2 Å². The quantitative estimate of drug-likeness (QED) is 0.761. The van der Waals surface area contributed by atoms with Gasteiger partial charge in [0.2, 0.25) is 5.88 Å². The number of thiazole rings is 1. The zero-order chi connectivity index (χ0) is 16.6. The van der Waals surface area contributed by atoms with Gasteiger partial charge in [-0.1, -0.05) is 6.07 Å². The molecule has 9 heteroatoms. The minimum atomic E-state index is -0.969. The highest BCUT2D eigenvalue weighted by Crippen LogP contribution is 2.15. The van der Waals surface area contributed by atoms with E-state index in [0.29, 0.717) is 0 Å². The van der Waals surface area contributed by atoms with Crippen LogP contribution < -0.4 is 10.9 Å². The maximum Gasteiger partial charge on any atom is 0.275 e. The fraction of sp³-hybridized carbons (Fsp3) is 0.0714. The molecule has 0 spiro atoms. The number of benzene rings is 1. The minimum absolute atomic E-state index is 0.226. The summed E-state index contributed by atoms with van der Waals surface area (Å²) in [6, 6.07) is 3.30. The van der Waals surface area contributed by atoms with Crippen molar-refractivity contribution in [1.29, 1.82) is 0 Å². The van der Waals surface area contributed by atoms with Gasteiger partial charge in [0.15, 0.2) is 10.5 Å². The lowest BCUT2D eigenvalue weighted by atomic mass is 10.2. The van der Waals surface area contributed by atoms with Gasteiger partial charge in [0, 0.05) is 23.7 Å². The third-order valence-corrected chi connectivity index (χ3v) is 3.92. The highest BCUT2D eigenvalue weighted by atomic mass is 32.1. The molecule has 2 aromatic heterocycles. The molecule has 118 valence electrons. The van der Waals surface area contributed by atoms with E-state index in [1.54, 1.807) is 5.38 Å². The molecule has 2 heterocycles. The molecule has 3 rings (SSSR count). The summed E-state index contributed by atoms with van der Waals surface area (Å²) in [6.45, 7) is -0.470. The summed E-state index contributed by atoms with van der Waals surface area (Å²) >= 11 is 1.11. The first-order valence-electron chi connectivity index (χ1n) is 6.39. The van der Waals surface area contributed by atoms with Crippen LogP contribution in [-0.4, -0.2) is 20.4 Å². The fourth-order valence-electron chi connectivity index (χ4n) is 2.03. The van der Waals surface area contributed by atoms with Crippen LogP contribution in [0.5, 0.6) is 5.88 Å². The number of amides is 1. The Morgan fingerprint density at radius 1 is 1.35 bits per heavy atom.